The van der Waals surface area contributed by atoms with E-state index in [0.29, 0.717) is 0 Å². The summed E-state index contributed by atoms with van der Waals surface area (Å²) in [7, 11) is 0. The zero-order chi connectivity index (χ0) is 5.86. The van der Waals surface area contributed by atoms with Crippen molar-refractivity contribution in [1.29, 1.82) is 0 Å². The second kappa shape index (κ2) is 2.50. The molecule has 40 valence electrons. The fourth-order valence-corrected chi connectivity index (χ4v) is 0.270. The van der Waals surface area contributed by atoms with Gasteiger partial charge in [0.1, 0.15) is 11.6 Å². The van der Waals surface area contributed by atoms with Gasteiger partial charge in [-0.1, -0.05) is 6.58 Å². The van der Waals surface area contributed by atoms with Gasteiger partial charge in [-0.15, -0.1) is 0 Å². The first-order valence-electron chi connectivity index (χ1n) is 1.95. The SMILES string of the molecule is C=C(F)CC(C)=O. The van der Waals surface area contributed by atoms with Crippen LogP contribution in [0.25, 0.3) is 0 Å². The summed E-state index contributed by atoms with van der Waals surface area (Å²) in [6.45, 7) is 4.23. The van der Waals surface area contributed by atoms with E-state index in [-0.39, 0.29) is 12.2 Å². The summed E-state index contributed by atoms with van der Waals surface area (Å²) >= 11 is 0. The number of Topliss-reactive ketones (excluding diaryl/α,β-unsaturated/α-hetero) is 1. The lowest BCUT2D eigenvalue weighted by atomic mass is 10.3. The van der Waals surface area contributed by atoms with Gasteiger partial charge >= 0.3 is 0 Å². The van der Waals surface area contributed by atoms with Gasteiger partial charge in [-0.3, -0.25) is 4.79 Å². The van der Waals surface area contributed by atoms with E-state index in [1.165, 1.54) is 6.92 Å². The van der Waals surface area contributed by atoms with Crippen LogP contribution in [0.4, 0.5) is 4.39 Å². The average Bonchev–Trinajstić information content (AvgIpc) is 1.27. The molecule has 0 saturated heterocycles. The number of halogens is 1. The van der Waals surface area contributed by atoms with Crippen molar-refractivity contribution in [2.24, 2.45) is 0 Å². The topological polar surface area (TPSA) is 17.1 Å². The Morgan fingerprint density at radius 3 is 2.29 bits per heavy atom. The van der Waals surface area contributed by atoms with E-state index < -0.39 is 5.83 Å². The van der Waals surface area contributed by atoms with Gasteiger partial charge in [0.2, 0.25) is 0 Å². The van der Waals surface area contributed by atoms with Gasteiger partial charge in [-0.2, -0.15) is 0 Å². The van der Waals surface area contributed by atoms with Crippen molar-refractivity contribution in [3.8, 4) is 0 Å². The zero-order valence-corrected chi connectivity index (χ0v) is 4.20. The third-order valence-electron chi connectivity index (χ3n) is 0.441. The Hall–Kier alpha value is -0.660. The minimum Gasteiger partial charge on any atom is -0.300 e. The predicted octanol–water partition coefficient (Wildman–Crippen LogP) is 1.45. The minimum atomic E-state index is -0.562. The maximum absolute atomic E-state index is 11.5. The van der Waals surface area contributed by atoms with Crippen molar-refractivity contribution in [3.05, 3.63) is 12.4 Å². The Balaban J connectivity index is 3.32. The van der Waals surface area contributed by atoms with Crippen LogP contribution in [0, 0.1) is 0 Å². The first-order valence-corrected chi connectivity index (χ1v) is 1.95. The Morgan fingerprint density at radius 1 is 1.86 bits per heavy atom. The summed E-state index contributed by atoms with van der Waals surface area (Å²) in [6.07, 6.45) is -0.139. The summed E-state index contributed by atoms with van der Waals surface area (Å²) in [5.74, 6) is -0.750. The predicted molar refractivity (Wildman–Crippen MR) is 25.5 cm³/mol. The molecule has 0 N–H and O–H groups in total. The van der Waals surface area contributed by atoms with E-state index in [1.807, 2.05) is 0 Å². The Labute approximate surface area is 41.8 Å². The van der Waals surface area contributed by atoms with Crippen molar-refractivity contribution < 1.29 is 9.18 Å². The van der Waals surface area contributed by atoms with Gasteiger partial charge in [0.25, 0.3) is 0 Å². The van der Waals surface area contributed by atoms with Crippen LogP contribution >= 0.6 is 0 Å². The van der Waals surface area contributed by atoms with E-state index >= 15 is 0 Å². The lowest BCUT2D eigenvalue weighted by molar-refractivity contribution is -0.116. The number of carbonyl (C=O) groups excluding carboxylic acids is 1. The molecule has 0 heterocycles. The van der Waals surface area contributed by atoms with E-state index in [1.54, 1.807) is 0 Å². The molecule has 0 aromatic carbocycles. The molecule has 0 unspecified atom stereocenters. The molecule has 0 fully saturated rings. The highest BCUT2D eigenvalue weighted by Crippen LogP contribution is 1.97. The quantitative estimate of drug-likeness (QED) is 0.515. The van der Waals surface area contributed by atoms with Crippen LogP contribution in [0.1, 0.15) is 13.3 Å². The van der Waals surface area contributed by atoms with Crippen molar-refractivity contribution in [2.45, 2.75) is 13.3 Å². The molecule has 0 spiro atoms. The highest BCUT2D eigenvalue weighted by molar-refractivity contribution is 5.77. The van der Waals surface area contributed by atoms with Crippen molar-refractivity contribution in [3.63, 3.8) is 0 Å². The summed E-state index contributed by atoms with van der Waals surface area (Å²) in [4.78, 5) is 9.95. The van der Waals surface area contributed by atoms with Crippen LogP contribution in [0.3, 0.4) is 0 Å². The first-order chi connectivity index (χ1) is 3.13. The Kier molecular flexibility index (Phi) is 2.27. The molecule has 0 rings (SSSR count). The number of rotatable bonds is 2. The molecule has 0 aliphatic rings. The molecular formula is C5H7FO. The van der Waals surface area contributed by atoms with Crippen LogP contribution in [0.15, 0.2) is 12.4 Å². The molecule has 0 saturated carbocycles. The third-order valence-corrected chi connectivity index (χ3v) is 0.441. The number of hydrogen-bond donors (Lipinski definition) is 0. The van der Waals surface area contributed by atoms with Crippen molar-refractivity contribution in [1.82, 2.24) is 0 Å². The fourth-order valence-electron chi connectivity index (χ4n) is 0.270. The zero-order valence-electron chi connectivity index (χ0n) is 4.20. The smallest absolute Gasteiger partial charge is 0.136 e. The van der Waals surface area contributed by atoms with Crippen LogP contribution in [-0.2, 0) is 4.79 Å². The molecule has 0 aromatic heterocycles. The second-order valence-corrected chi connectivity index (χ2v) is 1.40. The third kappa shape index (κ3) is 5.34. The lowest BCUT2D eigenvalue weighted by Crippen LogP contribution is -1.86. The molecular weight excluding hydrogens is 95.1 g/mol. The van der Waals surface area contributed by atoms with Crippen LogP contribution in [0.5, 0.6) is 0 Å². The van der Waals surface area contributed by atoms with Gasteiger partial charge in [0.05, 0.1) is 6.42 Å². The van der Waals surface area contributed by atoms with E-state index in [9.17, 15) is 9.18 Å². The number of hydrogen-bond acceptors (Lipinski definition) is 1. The highest BCUT2D eigenvalue weighted by Gasteiger charge is 1.93. The molecule has 7 heavy (non-hydrogen) atoms. The Morgan fingerprint density at radius 2 is 2.29 bits per heavy atom. The highest BCUT2D eigenvalue weighted by atomic mass is 19.1. The van der Waals surface area contributed by atoms with Crippen LogP contribution in [-0.4, -0.2) is 5.78 Å². The van der Waals surface area contributed by atoms with Gasteiger partial charge in [-0.25, -0.2) is 4.39 Å². The molecule has 2 heteroatoms. The monoisotopic (exact) mass is 102 g/mol. The van der Waals surface area contributed by atoms with Crippen molar-refractivity contribution >= 4 is 5.78 Å². The van der Waals surface area contributed by atoms with Gasteiger partial charge in [0.15, 0.2) is 0 Å². The maximum Gasteiger partial charge on any atom is 0.136 e. The van der Waals surface area contributed by atoms with Gasteiger partial charge in [-0.05, 0) is 6.92 Å². The molecule has 0 aliphatic heterocycles. The minimum absolute atomic E-state index is 0.139. The van der Waals surface area contributed by atoms with Gasteiger partial charge < -0.3 is 0 Å². The lowest BCUT2D eigenvalue weighted by Gasteiger charge is -1.83. The molecule has 1 nitrogen and oxygen atoms in total. The van der Waals surface area contributed by atoms with Crippen molar-refractivity contribution in [2.75, 3.05) is 0 Å². The summed E-state index contributed by atoms with van der Waals surface area (Å²) in [5, 5.41) is 0. The summed E-state index contributed by atoms with van der Waals surface area (Å²) in [5.41, 5.74) is 0. The maximum atomic E-state index is 11.5. The number of carbonyl (C=O) groups is 1. The molecule has 0 aromatic rings. The second-order valence-electron chi connectivity index (χ2n) is 1.40. The standard InChI is InChI=1S/C5H7FO/c1-4(6)3-5(2)7/h1,3H2,2H3. The molecule has 0 bridgehead atoms. The number of ketones is 1. The van der Waals surface area contributed by atoms with E-state index in [4.69, 9.17) is 0 Å². The molecule has 0 radical (unpaired) electrons. The van der Waals surface area contributed by atoms with Gasteiger partial charge in [0, 0.05) is 0 Å². The molecule has 0 aliphatic carbocycles. The summed E-state index contributed by atoms with van der Waals surface area (Å²) < 4.78 is 11.5. The fraction of sp³-hybridized carbons (Fsp3) is 0.400. The Bertz CT molecular complexity index is 84.3. The average molecular weight is 102 g/mol. The molecule has 0 atom stereocenters. The van der Waals surface area contributed by atoms with Crippen LogP contribution < -0.4 is 0 Å². The number of allylic oxidation sites excluding steroid dienone is 1. The van der Waals surface area contributed by atoms with E-state index in [0.717, 1.165) is 0 Å². The molecule has 0 amide bonds. The normalized spacial score (nSPS) is 8.29. The van der Waals surface area contributed by atoms with E-state index in [2.05, 4.69) is 6.58 Å². The summed E-state index contributed by atoms with van der Waals surface area (Å²) in [6, 6.07) is 0. The van der Waals surface area contributed by atoms with Crippen LogP contribution in [0.2, 0.25) is 0 Å². The first kappa shape index (κ1) is 6.34. The largest absolute Gasteiger partial charge is 0.300 e.